The summed E-state index contributed by atoms with van der Waals surface area (Å²) in [6.45, 7) is 0.804. The first-order valence-corrected chi connectivity index (χ1v) is 8.74. The van der Waals surface area contributed by atoms with Gasteiger partial charge in [-0.3, -0.25) is 4.98 Å². The van der Waals surface area contributed by atoms with E-state index in [-0.39, 0.29) is 24.6 Å². The number of anilines is 2. The monoisotopic (exact) mass is 423 g/mol. The van der Waals surface area contributed by atoms with E-state index < -0.39 is 11.8 Å². The highest BCUT2D eigenvalue weighted by atomic mass is 35.5. The summed E-state index contributed by atoms with van der Waals surface area (Å²) in [7, 11) is 3.76. The van der Waals surface area contributed by atoms with Gasteiger partial charge in [-0.25, -0.2) is 9.18 Å². The average Bonchev–Trinajstić information content (AvgIpc) is 2.62. The second-order valence-corrected chi connectivity index (χ2v) is 6.71. The fourth-order valence-electron chi connectivity index (χ4n) is 2.57. The number of rotatable bonds is 6. The van der Waals surface area contributed by atoms with Gasteiger partial charge in [0.1, 0.15) is 12.4 Å². The van der Waals surface area contributed by atoms with E-state index in [4.69, 9.17) is 16.3 Å². The quantitative estimate of drug-likeness (QED) is 0.570. The van der Waals surface area contributed by atoms with Crippen LogP contribution in [0, 0.1) is 5.82 Å². The Hall–Kier alpha value is -2.41. The van der Waals surface area contributed by atoms with Crippen LogP contribution in [0.2, 0.25) is 5.02 Å². The van der Waals surface area contributed by atoms with Gasteiger partial charge in [-0.05, 0) is 56.6 Å². The molecule has 8 heteroatoms. The van der Waals surface area contributed by atoms with E-state index in [0.717, 1.165) is 11.1 Å². The minimum absolute atomic E-state index is 0. The number of halogens is 3. The van der Waals surface area contributed by atoms with Crippen LogP contribution >= 0.6 is 24.0 Å². The van der Waals surface area contributed by atoms with Crippen molar-refractivity contribution in [3.05, 3.63) is 65.1 Å². The highest BCUT2D eigenvalue weighted by Gasteiger charge is 2.15. The van der Waals surface area contributed by atoms with Gasteiger partial charge >= 0.3 is 5.97 Å². The number of nitrogens with one attached hydrogen (secondary N) is 1. The van der Waals surface area contributed by atoms with Gasteiger partial charge in [-0.15, -0.1) is 12.4 Å². The molecule has 0 radical (unpaired) electrons. The molecule has 0 amide bonds. The molecule has 0 saturated carbocycles. The number of carbonyl (C=O) groups excluding carboxylic acids is 1. The standard InChI is InChI=1S/C20H19ClFN3O2.ClH/c1-25(2)9-10-27-20(26)16-12-14(22)4-6-17(16)24-18-7-8-23-19-11-13(21)3-5-15(18)19;/h3-8,11-12H,9-10H2,1-2H3,(H,23,24);1H. The van der Waals surface area contributed by atoms with Crippen molar-refractivity contribution < 1.29 is 13.9 Å². The van der Waals surface area contributed by atoms with Crippen LogP contribution in [0.15, 0.2) is 48.7 Å². The van der Waals surface area contributed by atoms with Crippen molar-refractivity contribution in [2.45, 2.75) is 0 Å². The Bertz CT molecular complexity index is 983. The average molecular weight is 424 g/mol. The molecule has 0 fully saturated rings. The summed E-state index contributed by atoms with van der Waals surface area (Å²) < 4.78 is 19.0. The second-order valence-electron chi connectivity index (χ2n) is 6.27. The highest BCUT2D eigenvalue weighted by Crippen LogP contribution is 2.29. The number of nitrogens with zero attached hydrogens (tertiary/aromatic N) is 2. The fraction of sp³-hybridized carbons (Fsp3) is 0.200. The van der Waals surface area contributed by atoms with Crippen LogP contribution in [0.4, 0.5) is 15.8 Å². The van der Waals surface area contributed by atoms with Crippen molar-refractivity contribution in [2.75, 3.05) is 32.6 Å². The Morgan fingerprint density at radius 3 is 2.71 bits per heavy atom. The first-order chi connectivity index (χ1) is 12.9. The van der Waals surface area contributed by atoms with E-state index in [1.165, 1.54) is 18.2 Å². The van der Waals surface area contributed by atoms with E-state index in [1.54, 1.807) is 24.4 Å². The molecule has 3 rings (SSSR count). The molecule has 0 saturated heterocycles. The van der Waals surface area contributed by atoms with Crippen molar-refractivity contribution in [3.63, 3.8) is 0 Å². The predicted octanol–water partition coefficient (Wildman–Crippen LogP) is 4.91. The minimum atomic E-state index is -0.583. The Morgan fingerprint density at radius 2 is 1.96 bits per heavy atom. The molecule has 5 nitrogen and oxygen atoms in total. The number of fused-ring (bicyclic) bond motifs is 1. The molecule has 0 atom stereocenters. The second kappa shape index (κ2) is 9.68. The normalized spacial score (nSPS) is 10.6. The number of carbonyl (C=O) groups is 1. The smallest absolute Gasteiger partial charge is 0.340 e. The molecular weight excluding hydrogens is 404 g/mol. The van der Waals surface area contributed by atoms with Crippen LogP contribution in [-0.4, -0.2) is 43.1 Å². The predicted molar refractivity (Wildman–Crippen MR) is 113 cm³/mol. The maximum Gasteiger partial charge on any atom is 0.340 e. The number of benzene rings is 2. The lowest BCUT2D eigenvalue weighted by molar-refractivity contribution is 0.0482. The Kier molecular flexibility index (Phi) is 7.57. The summed E-state index contributed by atoms with van der Waals surface area (Å²) in [4.78, 5) is 18.6. The zero-order valence-corrected chi connectivity index (χ0v) is 17.0. The van der Waals surface area contributed by atoms with Gasteiger partial charge in [0, 0.05) is 28.8 Å². The molecule has 3 aromatic rings. The summed E-state index contributed by atoms with van der Waals surface area (Å²) in [6, 6.07) is 11.1. The Balaban J connectivity index is 0.00000280. The fourth-order valence-corrected chi connectivity index (χ4v) is 2.73. The van der Waals surface area contributed by atoms with Crippen LogP contribution in [0.25, 0.3) is 10.9 Å². The molecule has 1 heterocycles. The molecule has 1 aromatic heterocycles. The van der Waals surface area contributed by atoms with E-state index in [9.17, 15) is 9.18 Å². The number of hydrogen-bond donors (Lipinski definition) is 1. The zero-order valence-electron chi connectivity index (χ0n) is 15.4. The first kappa shape index (κ1) is 21.9. The topological polar surface area (TPSA) is 54.5 Å². The Morgan fingerprint density at radius 1 is 1.18 bits per heavy atom. The van der Waals surface area contributed by atoms with Crippen LogP contribution in [0.3, 0.4) is 0 Å². The molecule has 0 unspecified atom stereocenters. The Labute approximate surface area is 173 Å². The third-order valence-electron chi connectivity index (χ3n) is 3.95. The van der Waals surface area contributed by atoms with Gasteiger partial charge in [-0.2, -0.15) is 0 Å². The van der Waals surface area contributed by atoms with Crippen molar-refractivity contribution >= 4 is 52.3 Å². The highest BCUT2D eigenvalue weighted by molar-refractivity contribution is 6.31. The summed E-state index contributed by atoms with van der Waals surface area (Å²) in [6.07, 6.45) is 1.64. The van der Waals surface area contributed by atoms with Crippen LogP contribution in [0.5, 0.6) is 0 Å². The van der Waals surface area contributed by atoms with Crippen molar-refractivity contribution in [1.29, 1.82) is 0 Å². The lowest BCUT2D eigenvalue weighted by Crippen LogP contribution is -2.20. The summed E-state index contributed by atoms with van der Waals surface area (Å²) in [5.41, 5.74) is 2.02. The number of likely N-dealkylation sites (N-methyl/N-ethyl adjacent to an activating group) is 1. The van der Waals surface area contributed by atoms with Gasteiger partial charge in [0.25, 0.3) is 0 Å². The van der Waals surface area contributed by atoms with Crippen molar-refractivity contribution in [3.8, 4) is 0 Å². The molecule has 0 aliphatic rings. The lowest BCUT2D eigenvalue weighted by atomic mass is 10.1. The van der Waals surface area contributed by atoms with Crippen LogP contribution < -0.4 is 5.32 Å². The van der Waals surface area contributed by atoms with E-state index in [1.807, 2.05) is 25.1 Å². The number of aromatic nitrogens is 1. The minimum Gasteiger partial charge on any atom is -0.461 e. The molecule has 1 N–H and O–H groups in total. The zero-order chi connectivity index (χ0) is 19.4. The van der Waals surface area contributed by atoms with Gasteiger partial charge in [0.2, 0.25) is 0 Å². The van der Waals surface area contributed by atoms with Crippen LogP contribution in [-0.2, 0) is 4.74 Å². The molecule has 0 aliphatic heterocycles. The summed E-state index contributed by atoms with van der Waals surface area (Å²) in [5, 5.41) is 4.60. The maximum atomic E-state index is 13.7. The molecule has 0 bridgehead atoms. The van der Waals surface area contributed by atoms with E-state index >= 15 is 0 Å². The molecule has 2 aromatic carbocycles. The number of pyridine rings is 1. The maximum absolute atomic E-state index is 13.7. The van der Waals surface area contributed by atoms with Gasteiger partial charge in [0.15, 0.2) is 0 Å². The van der Waals surface area contributed by atoms with Crippen molar-refractivity contribution in [1.82, 2.24) is 9.88 Å². The molecular formula is C20H20Cl2FN3O2. The van der Waals surface area contributed by atoms with Crippen molar-refractivity contribution in [2.24, 2.45) is 0 Å². The largest absolute Gasteiger partial charge is 0.461 e. The molecule has 28 heavy (non-hydrogen) atoms. The summed E-state index contributed by atoms with van der Waals surface area (Å²) >= 11 is 6.02. The SMILES string of the molecule is CN(C)CCOC(=O)c1cc(F)ccc1Nc1ccnc2cc(Cl)ccc12.Cl. The number of hydrogen-bond acceptors (Lipinski definition) is 5. The molecule has 0 aliphatic carbocycles. The summed E-state index contributed by atoms with van der Waals surface area (Å²) in [5.74, 6) is -1.09. The van der Waals surface area contributed by atoms with Gasteiger partial charge in [0.05, 0.1) is 16.8 Å². The molecule has 148 valence electrons. The lowest BCUT2D eigenvalue weighted by Gasteiger charge is -2.14. The number of esters is 1. The van der Waals surface area contributed by atoms with Gasteiger partial charge < -0.3 is 15.0 Å². The van der Waals surface area contributed by atoms with Crippen LogP contribution in [0.1, 0.15) is 10.4 Å². The molecule has 0 spiro atoms. The van der Waals surface area contributed by atoms with E-state index in [0.29, 0.717) is 22.8 Å². The van der Waals surface area contributed by atoms with Gasteiger partial charge in [-0.1, -0.05) is 11.6 Å². The number of ether oxygens (including phenoxy) is 1. The first-order valence-electron chi connectivity index (χ1n) is 8.37. The third kappa shape index (κ3) is 5.32. The van der Waals surface area contributed by atoms with E-state index in [2.05, 4.69) is 10.3 Å². The third-order valence-corrected chi connectivity index (χ3v) is 4.18.